The first-order valence-electron chi connectivity index (χ1n) is 12.9. The predicted molar refractivity (Wildman–Crippen MR) is 152 cm³/mol. The summed E-state index contributed by atoms with van der Waals surface area (Å²) in [5.74, 6) is -1.04. The maximum Gasteiger partial charge on any atom is 0.300 e. The summed E-state index contributed by atoms with van der Waals surface area (Å²) in [5, 5.41) is 22.4. The number of amides is 1. The molecule has 39 heavy (non-hydrogen) atoms. The minimum Gasteiger partial charge on any atom is -0.507 e. The Hall–Kier alpha value is -3.97. The molecule has 3 aromatic carbocycles. The number of phenolic OH excluding ortho intramolecular Hbond substituents is 1. The third-order valence-electron chi connectivity index (χ3n) is 6.75. The van der Waals surface area contributed by atoms with Crippen molar-refractivity contribution in [3.63, 3.8) is 0 Å². The highest BCUT2D eigenvalue weighted by Gasteiger charge is 2.47. The monoisotopic (exact) mass is 549 g/mol. The van der Waals surface area contributed by atoms with Crippen LogP contribution in [-0.2, 0) is 9.59 Å². The number of phenols is 1. The van der Waals surface area contributed by atoms with E-state index in [1.807, 2.05) is 20.8 Å². The Morgan fingerprint density at radius 2 is 1.69 bits per heavy atom. The van der Waals surface area contributed by atoms with Gasteiger partial charge in [-0.25, -0.2) is 0 Å². The Balaban J connectivity index is 1.99. The van der Waals surface area contributed by atoms with Crippen molar-refractivity contribution in [1.82, 2.24) is 0 Å². The second kappa shape index (κ2) is 11.4. The smallest absolute Gasteiger partial charge is 0.300 e. The largest absolute Gasteiger partial charge is 0.507 e. The minimum absolute atomic E-state index is 0.0774. The maximum atomic E-state index is 13.6. The number of benzene rings is 3. The molecule has 3 aromatic rings. The van der Waals surface area contributed by atoms with E-state index in [0.29, 0.717) is 46.4 Å². The Labute approximate surface area is 233 Å². The zero-order chi connectivity index (χ0) is 28.4. The van der Waals surface area contributed by atoms with Gasteiger partial charge in [0.05, 0.1) is 24.8 Å². The minimum atomic E-state index is -1.00. The number of rotatable bonds is 8. The van der Waals surface area contributed by atoms with E-state index in [4.69, 9.17) is 21.1 Å². The normalized spacial score (nSPS) is 16.7. The number of Topliss-reactive ketones (excluding diaryl/α,β-unsaturated/α-hetero) is 1. The molecule has 7 nitrogen and oxygen atoms in total. The molecule has 1 atom stereocenters. The number of carbonyl (C=O) groups is 2. The van der Waals surface area contributed by atoms with Crippen molar-refractivity contribution in [2.45, 2.75) is 46.6 Å². The summed E-state index contributed by atoms with van der Waals surface area (Å²) >= 11 is 6.39. The van der Waals surface area contributed by atoms with Gasteiger partial charge in [0.1, 0.15) is 11.5 Å². The van der Waals surface area contributed by atoms with Crippen LogP contribution in [0.1, 0.15) is 61.9 Å². The molecule has 1 heterocycles. The van der Waals surface area contributed by atoms with Crippen molar-refractivity contribution < 1.29 is 29.3 Å². The van der Waals surface area contributed by atoms with Crippen LogP contribution >= 0.6 is 11.6 Å². The first-order chi connectivity index (χ1) is 18.6. The van der Waals surface area contributed by atoms with E-state index in [1.165, 1.54) is 11.0 Å². The average Bonchev–Trinajstić information content (AvgIpc) is 3.17. The Kier molecular flexibility index (Phi) is 8.21. The number of halogens is 1. The zero-order valence-electron chi connectivity index (χ0n) is 22.6. The Morgan fingerprint density at radius 3 is 2.36 bits per heavy atom. The number of hydrogen-bond donors (Lipinski definition) is 2. The van der Waals surface area contributed by atoms with E-state index >= 15 is 0 Å². The number of anilines is 1. The zero-order valence-corrected chi connectivity index (χ0v) is 23.4. The molecule has 0 saturated carbocycles. The van der Waals surface area contributed by atoms with Gasteiger partial charge >= 0.3 is 0 Å². The van der Waals surface area contributed by atoms with E-state index in [1.54, 1.807) is 62.4 Å². The fourth-order valence-electron chi connectivity index (χ4n) is 4.81. The van der Waals surface area contributed by atoms with E-state index in [9.17, 15) is 19.8 Å². The first-order valence-corrected chi connectivity index (χ1v) is 13.3. The molecule has 1 unspecified atom stereocenters. The van der Waals surface area contributed by atoms with Crippen molar-refractivity contribution in [3.05, 3.63) is 87.4 Å². The summed E-state index contributed by atoms with van der Waals surface area (Å²) in [7, 11) is 0. The fraction of sp³-hybridized carbons (Fsp3) is 0.290. The molecule has 8 heteroatoms. The lowest BCUT2D eigenvalue weighted by Crippen LogP contribution is -2.30. The number of carbonyl (C=O) groups excluding carboxylic acids is 2. The highest BCUT2D eigenvalue weighted by Crippen LogP contribution is 2.46. The summed E-state index contributed by atoms with van der Waals surface area (Å²) in [4.78, 5) is 28.5. The predicted octanol–water partition coefficient (Wildman–Crippen LogP) is 6.90. The fourth-order valence-corrected chi connectivity index (χ4v) is 4.98. The van der Waals surface area contributed by atoms with Crippen molar-refractivity contribution in [2.24, 2.45) is 0 Å². The van der Waals surface area contributed by atoms with Gasteiger partial charge in [0.15, 0.2) is 11.5 Å². The molecule has 1 aliphatic heterocycles. The van der Waals surface area contributed by atoms with Gasteiger partial charge < -0.3 is 19.7 Å². The second-order valence-electron chi connectivity index (χ2n) is 9.55. The molecule has 1 amide bonds. The van der Waals surface area contributed by atoms with Crippen LogP contribution in [0.25, 0.3) is 5.76 Å². The Bertz CT molecular complexity index is 1460. The molecule has 1 aliphatic rings. The van der Waals surface area contributed by atoms with E-state index in [-0.39, 0.29) is 28.7 Å². The molecule has 0 bridgehead atoms. The summed E-state index contributed by atoms with van der Waals surface area (Å²) in [6.45, 7) is 10.2. The molecule has 204 valence electrons. The molecule has 0 spiro atoms. The standard InChI is InChI=1S/C31H32ClNO6/c1-6-38-25-14-12-20(15-21(25)17(3)4)29(35)27-28(19-11-13-24(34)26(16-19)39-7-2)33(31(37)30(27)36)23-10-8-9-22(32)18(23)5/h8-17,28,34-35H,6-7H2,1-5H3/b29-27+. The number of hydrogen-bond acceptors (Lipinski definition) is 6. The van der Waals surface area contributed by atoms with E-state index in [2.05, 4.69) is 0 Å². The number of ether oxygens (including phenoxy) is 2. The summed E-state index contributed by atoms with van der Waals surface area (Å²) < 4.78 is 11.3. The molecule has 0 radical (unpaired) electrons. The van der Waals surface area contributed by atoms with Crippen LogP contribution in [0, 0.1) is 6.92 Å². The van der Waals surface area contributed by atoms with Gasteiger partial charge in [-0.15, -0.1) is 0 Å². The average molecular weight is 550 g/mol. The van der Waals surface area contributed by atoms with Crippen LogP contribution in [0.4, 0.5) is 5.69 Å². The summed E-state index contributed by atoms with van der Waals surface area (Å²) in [5.41, 5.74) is 2.70. The molecule has 0 aromatic heterocycles. The van der Waals surface area contributed by atoms with Crippen LogP contribution < -0.4 is 14.4 Å². The van der Waals surface area contributed by atoms with Crippen LogP contribution in [-0.4, -0.2) is 35.1 Å². The third kappa shape index (κ3) is 5.19. The third-order valence-corrected chi connectivity index (χ3v) is 7.16. The number of aliphatic hydroxyl groups excluding tert-OH is 1. The van der Waals surface area contributed by atoms with Crippen LogP contribution in [0.2, 0.25) is 5.02 Å². The number of aliphatic hydroxyl groups is 1. The number of nitrogens with zero attached hydrogens (tertiary/aromatic N) is 1. The van der Waals surface area contributed by atoms with Crippen molar-refractivity contribution >= 4 is 34.7 Å². The van der Waals surface area contributed by atoms with Crippen molar-refractivity contribution in [1.29, 1.82) is 0 Å². The SMILES string of the molecule is CCOc1cc(C2/C(=C(\O)c3ccc(OCC)c(C(C)C)c3)C(=O)C(=O)N2c2cccc(Cl)c2C)ccc1O. The van der Waals surface area contributed by atoms with Crippen molar-refractivity contribution in [3.8, 4) is 17.2 Å². The molecule has 1 fully saturated rings. The van der Waals surface area contributed by atoms with Crippen LogP contribution in [0.15, 0.2) is 60.2 Å². The number of ketones is 1. The van der Waals surface area contributed by atoms with Gasteiger partial charge in [0.2, 0.25) is 0 Å². The lowest BCUT2D eigenvalue weighted by Gasteiger charge is -2.27. The summed E-state index contributed by atoms with van der Waals surface area (Å²) in [6, 6.07) is 13.9. The maximum absolute atomic E-state index is 13.6. The first kappa shape index (κ1) is 28.0. The molecule has 1 saturated heterocycles. The number of aromatic hydroxyl groups is 1. The van der Waals surface area contributed by atoms with Gasteiger partial charge in [0, 0.05) is 16.3 Å². The van der Waals surface area contributed by atoms with Gasteiger partial charge in [-0.05, 0) is 85.8 Å². The van der Waals surface area contributed by atoms with Gasteiger partial charge in [-0.2, -0.15) is 0 Å². The lowest BCUT2D eigenvalue weighted by atomic mass is 9.92. The lowest BCUT2D eigenvalue weighted by molar-refractivity contribution is -0.132. The van der Waals surface area contributed by atoms with Crippen molar-refractivity contribution in [2.75, 3.05) is 18.1 Å². The van der Waals surface area contributed by atoms with Gasteiger partial charge in [-0.3, -0.25) is 14.5 Å². The van der Waals surface area contributed by atoms with Gasteiger partial charge in [0.25, 0.3) is 11.7 Å². The van der Waals surface area contributed by atoms with E-state index < -0.39 is 17.7 Å². The van der Waals surface area contributed by atoms with Gasteiger partial charge in [-0.1, -0.05) is 37.6 Å². The topological polar surface area (TPSA) is 96.3 Å². The molecule has 0 aliphatic carbocycles. The highest BCUT2D eigenvalue weighted by atomic mass is 35.5. The quantitative estimate of drug-likeness (QED) is 0.180. The van der Waals surface area contributed by atoms with E-state index in [0.717, 1.165) is 5.56 Å². The van der Waals surface area contributed by atoms with Crippen LogP contribution in [0.5, 0.6) is 17.2 Å². The second-order valence-corrected chi connectivity index (χ2v) is 9.96. The Morgan fingerprint density at radius 1 is 1.00 bits per heavy atom. The van der Waals surface area contributed by atoms with Crippen LogP contribution in [0.3, 0.4) is 0 Å². The molecular formula is C31H32ClNO6. The summed E-state index contributed by atoms with van der Waals surface area (Å²) in [6.07, 6.45) is 0. The highest BCUT2D eigenvalue weighted by molar-refractivity contribution is 6.52. The molecular weight excluding hydrogens is 518 g/mol. The molecule has 4 rings (SSSR count). The molecule has 2 N–H and O–H groups in total.